The fourth-order valence-electron chi connectivity index (χ4n) is 2.11. The van der Waals surface area contributed by atoms with E-state index in [2.05, 4.69) is 26.1 Å². The van der Waals surface area contributed by atoms with Crippen LogP contribution in [-0.2, 0) is 4.79 Å². The lowest BCUT2D eigenvalue weighted by Crippen LogP contribution is -2.39. The Morgan fingerprint density at radius 3 is 2.57 bits per heavy atom. The van der Waals surface area contributed by atoms with E-state index in [1.54, 1.807) is 30.3 Å². The Hall–Kier alpha value is -2.32. The molecule has 0 aliphatic carbocycles. The van der Waals surface area contributed by atoms with Crippen LogP contribution in [0.2, 0.25) is 0 Å². The first-order chi connectivity index (χ1) is 10.8. The van der Waals surface area contributed by atoms with Gasteiger partial charge in [-0.3, -0.25) is 4.79 Å². The summed E-state index contributed by atoms with van der Waals surface area (Å²) in [5.74, 6) is 0.372. The van der Waals surface area contributed by atoms with Crippen LogP contribution in [-0.4, -0.2) is 30.3 Å². The number of nitrogens with zero attached hydrogens (tertiary/aromatic N) is 1. The molecule has 0 spiro atoms. The van der Waals surface area contributed by atoms with Gasteiger partial charge in [-0.2, -0.15) is 5.26 Å². The van der Waals surface area contributed by atoms with Crippen molar-refractivity contribution in [3.05, 3.63) is 35.9 Å². The molecule has 5 heteroatoms. The molecule has 0 saturated heterocycles. The zero-order valence-corrected chi connectivity index (χ0v) is 13.9. The Bertz CT molecular complexity index is 565. The second-order valence-corrected chi connectivity index (χ2v) is 6.50. The molecule has 0 bridgehead atoms. The maximum absolute atomic E-state index is 11.9. The second-order valence-electron chi connectivity index (χ2n) is 6.50. The van der Waals surface area contributed by atoms with E-state index in [0.29, 0.717) is 12.2 Å². The fraction of sp³-hybridized carbons (Fsp3) is 0.444. The number of amides is 1. The number of rotatable bonds is 7. The van der Waals surface area contributed by atoms with Gasteiger partial charge < -0.3 is 15.2 Å². The molecule has 0 aromatic heterocycles. The Morgan fingerprint density at radius 2 is 2.04 bits per heavy atom. The first kappa shape index (κ1) is 18.7. The van der Waals surface area contributed by atoms with E-state index < -0.39 is 0 Å². The third kappa shape index (κ3) is 8.03. The van der Waals surface area contributed by atoms with Crippen LogP contribution in [0.5, 0.6) is 5.75 Å². The number of carbonyl (C=O) groups excluding carboxylic acids is 1. The molecule has 0 radical (unpaired) electrons. The molecule has 1 rings (SSSR count). The summed E-state index contributed by atoms with van der Waals surface area (Å²) in [5.41, 5.74) is 0.879. The van der Waals surface area contributed by atoms with E-state index in [1.807, 2.05) is 6.07 Å². The van der Waals surface area contributed by atoms with E-state index >= 15 is 0 Å². The number of carbonyl (C=O) groups is 1. The van der Waals surface area contributed by atoms with Crippen molar-refractivity contribution in [1.82, 2.24) is 5.32 Å². The van der Waals surface area contributed by atoms with E-state index in [9.17, 15) is 9.90 Å². The van der Waals surface area contributed by atoms with Crippen molar-refractivity contribution in [2.24, 2.45) is 5.41 Å². The Kier molecular flexibility index (Phi) is 7.30. The number of nitrogens with one attached hydrogen (secondary N) is 1. The Labute approximate surface area is 137 Å². The topological polar surface area (TPSA) is 82.3 Å². The van der Waals surface area contributed by atoms with Gasteiger partial charge in [0.25, 0.3) is 0 Å². The number of hydrogen-bond acceptors (Lipinski definition) is 4. The van der Waals surface area contributed by atoms with Gasteiger partial charge in [-0.15, -0.1) is 0 Å². The predicted octanol–water partition coefficient (Wildman–Crippen LogP) is 2.52. The highest BCUT2D eigenvalue weighted by atomic mass is 16.5. The number of aliphatic hydroxyl groups excluding tert-OH is 1. The Balaban J connectivity index is 2.55. The summed E-state index contributed by atoms with van der Waals surface area (Å²) < 4.78 is 5.16. The lowest BCUT2D eigenvalue weighted by Gasteiger charge is -2.24. The number of aliphatic hydroxyl groups is 1. The highest BCUT2D eigenvalue weighted by Crippen LogP contribution is 2.20. The molecular formula is C18H24N2O3. The average Bonchev–Trinajstić information content (AvgIpc) is 2.50. The predicted molar refractivity (Wildman–Crippen MR) is 89.7 cm³/mol. The lowest BCUT2D eigenvalue weighted by atomic mass is 9.88. The van der Waals surface area contributed by atoms with Crippen LogP contribution < -0.4 is 10.1 Å². The van der Waals surface area contributed by atoms with E-state index in [-0.39, 0.29) is 30.6 Å². The van der Waals surface area contributed by atoms with E-state index in [4.69, 9.17) is 10.00 Å². The minimum absolute atomic E-state index is 0.00785. The molecule has 1 amide bonds. The molecule has 1 atom stereocenters. The number of benzene rings is 1. The highest BCUT2D eigenvalue weighted by molar-refractivity contribution is 5.91. The van der Waals surface area contributed by atoms with Gasteiger partial charge in [0.2, 0.25) is 5.91 Å². The summed E-state index contributed by atoms with van der Waals surface area (Å²) in [4.78, 5) is 11.9. The molecule has 0 saturated carbocycles. The van der Waals surface area contributed by atoms with Crippen LogP contribution >= 0.6 is 0 Å². The van der Waals surface area contributed by atoms with Crippen molar-refractivity contribution in [2.75, 3.05) is 13.2 Å². The van der Waals surface area contributed by atoms with Gasteiger partial charge in [0, 0.05) is 6.08 Å². The zero-order valence-electron chi connectivity index (χ0n) is 13.9. The van der Waals surface area contributed by atoms with Crippen LogP contribution in [0.4, 0.5) is 0 Å². The smallest absolute Gasteiger partial charge is 0.244 e. The summed E-state index contributed by atoms with van der Waals surface area (Å²) in [5, 5.41) is 20.6. The summed E-state index contributed by atoms with van der Waals surface area (Å²) in [6.45, 7) is 6.12. The molecule has 0 aliphatic rings. The molecular weight excluding hydrogens is 292 g/mol. The van der Waals surface area contributed by atoms with Crippen molar-refractivity contribution >= 4 is 12.0 Å². The van der Waals surface area contributed by atoms with Crippen LogP contribution in [0.25, 0.3) is 6.08 Å². The maximum Gasteiger partial charge on any atom is 0.244 e. The largest absolute Gasteiger partial charge is 0.479 e. The first-order valence-electron chi connectivity index (χ1n) is 7.53. The van der Waals surface area contributed by atoms with E-state index in [0.717, 1.165) is 5.56 Å². The van der Waals surface area contributed by atoms with Crippen molar-refractivity contribution in [3.63, 3.8) is 0 Å². The summed E-state index contributed by atoms with van der Waals surface area (Å²) in [6.07, 6.45) is 3.83. The quantitative estimate of drug-likeness (QED) is 0.757. The molecule has 1 aromatic carbocycles. The third-order valence-corrected chi connectivity index (χ3v) is 3.04. The van der Waals surface area contributed by atoms with Gasteiger partial charge in [0.1, 0.15) is 11.8 Å². The van der Waals surface area contributed by atoms with Gasteiger partial charge in [-0.05, 0) is 35.6 Å². The molecule has 0 fully saturated rings. The minimum Gasteiger partial charge on any atom is -0.479 e. The average molecular weight is 316 g/mol. The molecule has 2 N–H and O–H groups in total. The van der Waals surface area contributed by atoms with Crippen LogP contribution in [0, 0.1) is 16.7 Å². The van der Waals surface area contributed by atoms with Crippen molar-refractivity contribution < 1.29 is 14.6 Å². The lowest BCUT2D eigenvalue weighted by molar-refractivity contribution is -0.117. The van der Waals surface area contributed by atoms with Crippen molar-refractivity contribution in [1.29, 1.82) is 5.26 Å². The number of nitriles is 1. The SMILES string of the molecule is CC(C)(C)CC(CO)NC(=O)/C=C/c1ccc(OCC#N)cc1. The van der Waals surface area contributed by atoms with Gasteiger partial charge in [0.15, 0.2) is 6.61 Å². The van der Waals surface area contributed by atoms with Crippen molar-refractivity contribution in [2.45, 2.75) is 33.2 Å². The summed E-state index contributed by atoms with van der Waals surface area (Å²) in [7, 11) is 0. The maximum atomic E-state index is 11.9. The third-order valence-electron chi connectivity index (χ3n) is 3.04. The monoisotopic (exact) mass is 316 g/mol. The summed E-state index contributed by atoms with van der Waals surface area (Å²) in [6, 6.07) is 8.73. The van der Waals surface area contributed by atoms with Gasteiger partial charge in [-0.25, -0.2) is 0 Å². The highest BCUT2D eigenvalue weighted by Gasteiger charge is 2.18. The first-order valence-corrected chi connectivity index (χ1v) is 7.53. The molecule has 23 heavy (non-hydrogen) atoms. The molecule has 124 valence electrons. The second kappa shape index (κ2) is 8.96. The standard InChI is InChI=1S/C18H24N2O3/c1-18(2,3)12-15(13-21)20-17(22)9-6-14-4-7-16(8-5-14)23-11-10-19/h4-9,15,21H,11-13H2,1-3H3,(H,20,22)/b9-6+. The van der Waals surface area contributed by atoms with Gasteiger partial charge in [-0.1, -0.05) is 32.9 Å². The van der Waals surface area contributed by atoms with Gasteiger partial charge >= 0.3 is 0 Å². The van der Waals surface area contributed by atoms with Crippen LogP contribution in [0.15, 0.2) is 30.3 Å². The molecule has 0 aliphatic heterocycles. The Morgan fingerprint density at radius 1 is 1.39 bits per heavy atom. The fourth-order valence-corrected chi connectivity index (χ4v) is 2.11. The normalized spacial score (nSPS) is 12.7. The van der Waals surface area contributed by atoms with E-state index in [1.165, 1.54) is 6.08 Å². The number of ether oxygens (including phenoxy) is 1. The molecule has 5 nitrogen and oxygen atoms in total. The number of hydrogen-bond donors (Lipinski definition) is 2. The zero-order chi connectivity index (χ0) is 17.3. The minimum atomic E-state index is -0.256. The van der Waals surface area contributed by atoms with Crippen molar-refractivity contribution in [3.8, 4) is 11.8 Å². The molecule has 0 heterocycles. The van der Waals surface area contributed by atoms with Crippen LogP contribution in [0.1, 0.15) is 32.8 Å². The summed E-state index contributed by atoms with van der Waals surface area (Å²) >= 11 is 0. The van der Waals surface area contributed by atoms with Crippen LogP contribution in [0.3, 0.4) is 0 Å². The molecule has 1 unspecified atom stereocenters. The van der Waals surface area contributed by atoms with Gasteiger partial charge in [0.05, 0.1) is 12.6 Å². The molecule has 1 aromatic rings.